The molecule has 0 fully saturated rings. The number of aryl methyl sites for hydroxylation is 1. The second-order valence-electron chi connectivity index (χ2n) is 6.70. The molecule has 0 N–H and O–H groups in total. The van der Waals surface area contributed by atoms with Gasteiger partial charge in [-0.15, -0.1) is 0 Å². The van der Waals surface area contributed by atoms with E-state index in [1.54, 1.807) is 0 Å². The average Bonchev–Trinajstić information content (AvgIpc) is 2.98. The van der Waals surface area contributed by atoms with Crippen LogP contribution in [0.2, 0.25) is 5.02 Å². The fraction of sp³-hybridized carbons (Fsp3) is 0.400. The Morgan fingerprint density at radius 1 is 1.13 bits per heavy atom. The molecule has 122 valence electrons. The summed E-state index contributed by atoms with van der Waals surface area (Å²) in [5, 5.41) is 0.762. The predicted molar refractivity (Wildman–Crippen MR) is 97.0 cm³/mol. The molecule has 2 aromatic rings. The highest BCUT2D eigenvalue weighted by Crippen LogP contribution is 2.41. The van der Waals surface area contributed by atoms with Gasteiger partial charge in [-0.05, 0) is 50.1 Å². The van der Waals surface area contributed by atoms with E-state index < -0.39 is 0 Å². The summed E-state index contributed by atoms with van der Waals surface area (Å²) in [6, 6.07) is 12.5. The molecule has 1 aliphatic heterocycles. The van der Waals surface area contributed by atoms with Crippen LogP contribution in [0.1, 0.15) is 25.0 Å². The summed E-state index contributed by atoms with van der Waals surface area (Å²) >= 11 is 6.03. The van der Waals surface area contributed by atoms with Crippen LogP contribution in [0.5, 0.6) is 5.75 Å². The topological polar surface area (TPSA) is 9.23 Å². The normalized spacial score (nSPS) is 17.0. The van der Waals surface area contributed by atoms with E-state index >= 15 is 0 Å². The number of nitrogens with zero attached hydrogens (tertiary/aromatic N) is 1. The van der Waals surface area contributed by atoms with E-state index in [0.29, 0.717) is 0 Å². The summed E-state index contributed by atoms with van der Waals surface area (Å²) in [6.45, 7) is 8.78. The minimum atomic E-state index is 0.202. The zero-order chi connectivity index (χ0) is 16.6. The van der Waals surface area contributed by atoms with Crippen LogP contribution < -0.4 is 4.74 Å². The number of halogens is 1. The van der Waals surface area contributed by atoms with Gasteiger partial charge in [0, 0.05) is 16.1 Å². The molecule has 0 bridgehead atoms. The summed E-state index contributed by atoms with van der Waals surface area (Å²) < 4.78 is 7.40. The third kappa shape index (κ3) is 2.98. The summed E-state index contributed by atoms with van der Waals surface area (Å²) in [7, 11) is 2.28. The fourth-order valence-electron chi connectivity index (χ4n) is 3.33. The molecule has 1 aliphatic rings. The van der Waals surface area contributed by atoms with Crippen molar-refractivity contribution in [2.24, 2.45) is 0 Å². The predicted octanol–water partition coefficient (Wildman–Crippen LogP) is 5.06. The minimum Gasteiger partial charge on any atom is -0.441 e. The van der Waals surface area contributed by atoms with Gasteiger partial charge in [0.1, 0.15) is 5.75 Å². The molecule has 3 rings (SSSR count). The van der Waals surface area contributed by atoms with Crippen molar-refractivity contribution >= 4 is 11.6 Å². The first-order valence-corrected chi connectivity index (χ1v) is 8.75. The van der Waals surface area contributed by atoms with E-state index in [1.165, 1.54) is 16.7 Å². The molecule has 0 aliphatic carbocycles. The van der Waals surface area contributed by atoms with Crippen molar-refractivity contribution in [3.63, 3.8) is 0 Å². The van der Waals surface area contributed by atoms with Gasteiger partial charge < -0.3 is 4.74 Å². The third-order valence-corrected chi connectivity index (χ3v) is 5.51. The molecule has 0 saturated carbocycles. The van der Waals surface area contributed by atoms with Crippen molar-refractivity contribution in [2.75, 3.05) is 20.1 Å². The summed E-state index contributed by atoms with van der Waals surface area (Å²) in [5.74, 6) is 1.05. The molecule has 2 aromatic carbocycles. The van der Waals surface area contributed by atoms with E-state index in [2.05, 4.69) is 52.1 Å². The first-order valence-electron chi connectivity index (χ1n) is 8.37. The number of ether oxygens (including phenoxy) is 1. The quantitative estimate of drug-likeness (QED) is 0.712. The number of likely N-dealkylation sites (N-methyl/N-ethyl adjacent to an activating group) is 1. The molecule has 2 nitrogen and oxygen atoms in total. The maximum atomic E-state index is 6.46. The highest BCUT2D eigenvalue weighted by Gasteiger charge is 2.38. The number of quaternary nitrogens is 1. The fourth-order valence-corrected chi connectivity index (χ4v) is 3.45. The number of fused-ring (bicyclic) bond motifs is 1. The van der Waals surface area contributed by atoms with Crippen molar-refractivity contribution in [1.29, 1.82) is 0 Å². The van der Waals surface area contributed by atoms with Crippen molar-refractivity contribution < 1.29 is 9.22 Å². The third-order valence-electron chi connectivity index (χ3n) is 5.25. The van der Waals surface area contributed by atoms with Crippen molar-refractivity contribution in [1.82, 2.24) is 0 Å². The van der Waals surface area contributed by atoms with E-state index in [-0.39, 0.29) is 6.23 Å². The van der Waals surface area contributed by atoms with Crippen LogP contribution >= 0.6 is 11.6 Å². The van der Waals surface area contributed by atoms with Crippen molar-refractivity contribution in [3.05, 3.63) is 52.5 Å². The molecule has 1 unspecified atom stereocenters. The van der Waals surface area contributed by atoms with Crippen LogP contribution in [-0.4, -0.2) is 30.8 Å². The Kier molecular flexibility index (Phi) is 4.39. The lowest BCUT2D eigenvalue weighted by atomic mass is 9.98. The van der Waals surface area contributed by atoms with Gasteiger partial charge in [-0.25, -0.2) is 0 Å². The molecule has 3 heteroatoms. The number of rotatable bonds is 4. The zero-order valence-electron chi connectivity index (χ0n) is 14.4. The van der Waals surface area contributed by atoms with Gasteiger partial charge >= 0.3 is 0 Å². The standard InChI is InChI=1S/C20H25ClNO/c1-5-22(4,6-2)19-13-16-11-14(3)12-18(20(16)23-19)15-7-9-17(21)10-8-15/h7-12,19H,5-6,13H2,1-4H3/q+1. The van der Waals surface area contributed by atoms with Crippen LogP contribution in [0.15, 0.2) is 36.4 Å². The average molecular weight is 331 g/mol. The lowest BCUT2D eigenvalue weighted by Gasteiger charge is -2.36. The van der Waals surface area contributed by atoms with Crippen molar-refractivity contribution in [2.45, 2.75) is 33.4 Å². The highest BCUT2D eigenvalue weighted by atomic mass is 35.5. The van der Waals surface area contributed by atoms with Gasteiger partial charge in [0.05, 0.1) is 26.6 Å². The second kappa shape index (κ2) is 6.18. The Morgan fingerprint density at radius 2 is 1.78 bits per heavy atom. The van der Waals surface area contributed by atoms with Crippen LogP contribution in [0, 0.1) is 6.92 Å². The Labute approximate surface area is 144 Å². The Balaban J connectivity index is 2.03. The Morgan fingerprint density at radius 3 is 2.39 bits per heavy atom. The van der Waals surface area contributed by atoms with E-state index in [9.17, 15) is 0 Å². The van der Waals surface area contributed by atoms with Gasteiger partial charge in [-0.1, -0.05) is 29.8 Å². The maximum Gasteiger partial charge on any atom is 0.237 e. The van der Waals surface area contributed by atoms with E-state index in [0.717, 1.165) is 40.3 Å². The van der Waals surface area contributed by atoms with Crippen LogP contribution in [0.4, 0.5) is 0 Å². The van der Waals surface area contributed by atoms with E-state index in [1.807, 2.05) is 12.1 Å². The monoisotopic (exact) mass is 330 g/mol. The van der Waals surface area contributed by atoms with Gasteiger partial charge in [0.25, 0.3) is 0 Å². The van der Waals surface area contributed by atoms with Crippen LogP contribution in [0.3, 0.4) is 0 Å². The van der Waals surface area contributed by atoms with Gasteiger partial charge in [0.15, 0.2) is 0 Å². The van der Waals surface area contributed by atoms with Gasteiger partial charge in [0.2, 0.25) is 6.23 Å². The number of hydrogen-bond donors (Lipinski definition) is 0. The lowest BCUT2D eigenvalue weighted by molar-refractivity contribution is -0.946. The van der Waals surface area contributed by atoms with Crippen LogP contribution in [-0.2, 0) is 6.42 Å². The highest BCUT2D eigenvalue weighted by molar-refractivity contribution is 6.30. The first-order chi connectivity index (χ1) is 11.0. The number of hydrogen-bond acceptors (Lipinski definition) is 1. The Bertz CT molecular complexity index is 704. The molecular formula is C20H25ClNO+. The summed E-state index contributed by atoms with van der Waals surface area (Å²) in [6.07, 6.45) is 1.18. The molecular weight excluding hydrogens is 306 g/mol. The first kappa shape index (κ1) is 16.4. The van der Waals surface area contributed by atoms with Gasteiger partial charge in [-0.2, -0.15) is 0 Å². The maximum absolute atomic E-state index is 6.46. The molecule has 1 atom stereocenters. The molecule has 23 heavy (non-hydrogen) atoms. The van der Waals surface area contributed by atoms with Gasteiger partial charge in [-0.3, -0.25) is 4.48 Å². The summed E-state index contributed by atoms with van der Waals surface area (Å²) in [5.41, 5.74) is 4.95. The van der Waals surface area contributed by atoms with E-state index in [4.69, 9.17) is 16.3 Å². The second-order valence-corrected chi connectivity index (χ2v) is 7.13. The molecule has 0 amide bonds. The molecule has 1 heterocycles. The zero-order valence-corrected chi connectivity index (χ0v) is 15.2. The lowest BCUT2D eigenvalue weighted by Crippen LogP contribution is -2.54. The molecule has 0 aromatic heterocycles. The molecule has 0 spiro atoms. The molecule has 0 radical (unpaired) electrons. The smallest absolute Gasteiger partial charge is 0.237 e. The largest absolute Gasteiger partial charge is 0.441 e. The molecule has 0 saturated heterocycles. The van der Waals surface area contributed by atoms with Crippen LogP contribution in [0.25, 0.3) is 11.1 Å². The summed E-state index contributed by atoms with van der Waals surface area (Å²) in [4.78, 5) is 0. The SMILES string of the molecule is CC[N+](C)(CC)C1Cc2cc(C)cc(-c3ccc(Cl)cc3)c2O1. The van der Waals surface area contributed by atoms with Crippen molar-refractivity contribution in [3.8, 4) is 16.9 Å². The minimum absolute atomic E-state index is 0.202. The number of benzene rings is 2. The Hall–Kier alpha value is -1.51.